The van der Waals surface area contributed by atoms with Gasteiger partial charge in [-0.2, -0.15) is 0 Å². The molecular weight excluding hydrogens is 266 g/mol. The number of hydrogen-bond acceptors (Lipinski definition) is 3. The molecular formula is C10H10F2N2O3S. The minimum absolute atomic E-state index is 0.116. The first kappa shape index (κ1) is 12.9. The van der Waals surface area contributed by atoms with Gasteiger partial charge in [-0.15, -0.1) is 0 Å². The van der Waals surface area contributed by atoms with Gasteiger partial charge in [0.05, 0.1) is 0 Å². The highest BCUT2D eigenvalue weighted by molar-refractivity contribution is 7.89. The van der Waals surface area contributed by atoms with Crippen molar-refractivity contribution < 1.29 is 22.0 Å². The first-order valence-corrected chi connectivity index (χ1v) is 6.67. The predicted molar refractivity (Wildman–Crippen MR) is 60.2 cm³/mol. The van der Waals surface area contributed by atoms with E-state index in [9.17, 15) is 22.0 Å². The van der Waals surface area contributed by atoms with E-state index in [4.69, 9.17) is 5.14 Å². The molecule has 8 heteroatoms. The summed E-state index contributed by atoms with van der Waals surface area (Å²) in [7, 11) is -3.82. The van der Waals surface area contributed by atoms with E-state index < -0.39 is 32.8 Å². The van der Waals surface area contributed by atoms with Gasteiger partial charge < -0.3 is 4.90 Å². The summed E-state index contributed by atoms with van der Waals surface area (Å²) < 4.78 is 48.1. The number of carbonyl (C=O) groups excluding carboxylic acids is 1. The number of hydrogen-bond donors (Lipinski definition) is 1. The molecule has 1 aromatic rings. The fourth-order valence-corrected chi connectivity index (χ4v) is 2.53. The highest BCUT2D eigenvalue weighted by Gasteiger charge is 2.37. The van der Waals surface area contributed by atoms with Gasteiger partial charge in [0.2, 0.25) is 15.9 Å². The van der Waals surface area contributed by atoms with Gasteiger partial charge in [-0.05, 0) is 12.1 Å². The molecule has 0 bridgehead atoms. The molecule has 1 saturated heterocycles. The zero-order valence-corrected chi connectivity index (χ0v) is 9.95. The van der Waals surface area contributed by atoms with Crippen molar-refractivity contribution in [3.05, 3.63) is 29.8 Å². The fraction of sp³-hybridized carbons (Fsp3) is 0.300. The Balaban J connectivity index is 2.30. The number of halogens is 2. The lowest BCUT2D eigenvalue weighted by Gasteiger charge is -2.16. The van der Waals surface area contributed by atoms with E-state index >= 15 is 0 Å². The highest BCUT2D eigenvalue weighted by atomic mass is 32.2. The summed E-state index contributed by atoms with van der Waals surface area (Å²) in [5.41, 5.74) is 0.116. The maximum atomic E-state index is 13.0. The van der Waals surface area contributed by atoms with Crippen molar-refractivity contribution in [1.29, 1.82) is 0 Å². The molecule has 0 radical (unpaired) electrons. The van der Waals surface area contributed by atoms with Crippen LogP contribution in [0, 0.1) is 11.6 Å². The number of benzene rings is 1. The molecule has 1 unspecified atom stereocenters. The Labute approximate surface area is 102 Å². The number of carbonyl (C=O) groups is 1. The van der Waals surface area contributed by atoms with Gasteiger partial charge in [-0.3, -0.25) is 4.79 Å². The van der Waals surface area contributed by atoms with Crippen molar-refractivity contribution in [2.45, 2.75) is 11.7 Å². The number of nitrogens with two attached hydrogens (primary N) is 1. The van der Waals surface area contributed by atoms with E-state index in [2.05, 4.69) is 0 Å². The third-order valence-corrected chi connectivity index (χ3v) is 4.01. The second-order valence-corrected chi connectivity index (χ2v) is 5.86. The molecule has 2 N–H and O–H groups in total. The third-order valence-electron chi connectivity index (χ3n) is 2.77. The molecule has 0 aromatic heterocycles. The van der Waals surface area contributed by atoms with Gasteiger partial charge in [0.15, 0.2) is 11.6 Å². The number of rotatable bonds is 2. The lowest BCUT2D eigenvalue weighted by Crippen LogP contribution is -2.32. The second kappa shape index (κ2) is 4.29. The van der Waals surface area contributed by atoms with Crippen LogP contribution in [-0.4, -0.2) is 26.1 Å². The van der Waals surface area contributed by atoms with Crippen molar-refractivity contribution >= 4 is 21.6 Å². The molecule has 0 aliphatic carbocycles. The van der Waals surface area contributed by atoms with Gasteiger partial charge >= 0.3 is 0 Å². The number of sulfonamides is 1. The minimum atomic E-state index is -3.82. The molecule has 1 aliphatic heterocycles. The lowest BCUT2D eigenvalue weighted by molar-refractivity contribution is -0.117. The number of nitrogens with zero attached hydrogens (tertiary/aromatic N) is 1. The van der Waals surface area contributed by atoms with Crippen molar-refractivity contribution in [2.75, 3.05) is 11.4 Å². The Bertz CT molecular complexity index is 603. The number of primary sulfonamides is 1. The Hall–Kier alpha value is -1.54. The largest absolute Gasteiger partial charge is 0.311 e. The Morgan fingerprint density at radius 2 is 1.94 bits per heavy atom. The summed E-state index contributed by atoms with van der Waals surface area (Å²) >= 11 is 0. The monoisotopic (exact) mass is 276 g/mol. The lowest BCUT2D eigenvalue weighted by atomic mass is 10.3. The average Bonchev–Trinajstić information content (AvgIpc) is 2.64. The topological polar surface area (TPSA) is 80.5 Å². The molecule has 1 fully saturated rings. The zero-order valence-electron chi connectivity index (χ0n) is 9.14. The highest BCUT2D eigenvalue weighted by Crippen LogP contribution is 2.25. The molecule has 0 spiro atoms. The van der Waals surface area contributed by atoms with Crippen LogP contribution in [0.5, 0.6) is 0 Å². The molecule has 1 atom stereocenters. The van der Waals surface area contributed by atoms with Gasteiger partial charge in [0, 0.05) is 24.7 Å². The standard InChI is InChI=1S/C10H10F2N2O3S/c11-8-2-1-6(3-9(8)12)14-5-7(4-10(14)15)18(13,16)17/h1-3,7H,4-5H2,(H2,13,16,17). The molecule has 18 heavy (non-hydrogen) atoms. The molecule has 5 nitrogen and oxygen atoms in total. The van der Waals surface area contributed by atoms with Gasteiger partial charge in [0.1, 0.15) is 5.25 Å². The van der Waals surface area contributed by atoms with Crippen LogP contribution in [0.4, 0.5) is 14.5 Å². The molecule has 1 amide bonds. The van der Waals surface area contributed by atoms with E-state index in [1.54, 1.807) is 0 Å². The van der Waals surface area contributed by atoms with Crippen LogP contribution in [-0.2, 0) is 14.8 Å². The number of anilines is 1. The van der Waals surface area contributed by atoms with Crippen molar-refractivity contribution in [3.8, 4) is 0 Å². The van der Waals surface area contributed by atoms with Crippen LogP contribution >= 0.6 is 0 Å². The molecule has 1 aromatic carbocycles. The van der Waals surface area contributed by atoms with E-state index in [0.717, 1.165) is 17.0 Å². The van der Waals surface area contributed by atoms with Crippen LogP contribution in [0.25, 0.3) is 0 Å². The van der Waals surface area contributed by atoms with E-state index in [0.29, 0.717) is 0 Å². The molecule has 98 valence electrons. The minimum Gasteiger partial charge on any atom is -0.311 e. The maximum Gasteiger partial charge on any atom is 0.228 e. The van der Waals surface area contributed by atoms with Crippen LogP contribution < -0.4 is 10.0 Å². The third kappa shape index (κ3) is 2.34. The van der Waals surface area contributed by atoms with Crippen LogP contribution in [0.15, 0.2) is 18.2 Å². The maximum absolute atomic E-state index is 13.0. The first-order valence-electron chi connectivity index (χ1n) is 5.06. The predicted octanol–water partition coefficient (Wildman–Crippen LogP) is 0.359. The van der Waals surface area contributed by atoms with Crippen molar-refractivity contribution in [1.82, 2.24) is 0 Å². The van der Waals surface area contributed by atoms with Crippen LogP contribution in [0.3, 0.4) is 0 Å². The summed E-state index contributed by atoms with van der Waals surface area (Å²) in [5, 5.41) is 3.94. The first-order chi connectivity index (χ1) is 8.29. The Morgan fingerprint density at radius 1 is 1.28 bits per heavy atom. The normalized spacial score (nSPS) is 20.5. The quantitative estimate of drug-likeness (QED) is 0.846. The summed E-state index contributed by atoms with van der Waals surface area (Å²) in [6, 6.07) is 2.93. The van der Waals surface area contributed by atoms with Gasteiger partial charge in [0.25, 0.3) is 0 Å². The summed E-state index contributed by atoms with van der Waals surface area (Å²) in [4.78, 5) is 12.7. The SMILES string of the molecule is NS(=O)(=O)C1CC(=O)N(c2ccc(F)c(F)c2)C1. The molecule has 0 saturated carbocycles. The second-order valence-electron chi connectivity index (χ2n) is 4.02. The van der Waals surface area contributed by atoms with Crippen molar-refractivity contribution in [3.63, 3.8) is 0 Å². The van der Waals surface area contributed by atoms with Crippen LogP contribution in [0.2, 0.25) is 0 Å². The van der Waals surface area contributed by atoms with Crippen molar-refractivity contribution in [2.24, 2.45) is 5.14 Å². The fourth-order valence-electron chi connectivity index (χ4n) is 1.80. The number of amides is 1. The van der Waals surface area contributed by atoms with Gasteiger partial charge in [-0.25, -0.2) is 22.3 Å². The van der Waals surface area contributed by atoms with Gasteiger partial charge in [-0.1, -0.05) is 0 Å². The van der Waals surface area contributed by atoms with E-state index in [1.807, 2.05) is 0 Å². The smallest absolute Gasteiger partial charge is 0.228 e. The van der Waals surface area contributed by atoms with E-state index in [1.165, 1.54) is 6.07 Å². The Kier molecular flexibility index (Phi) is 3.07. The molecule has 1 aliphatic rings. The summed E-state index contributed by atoms with van der Waals surface area (Å²) in [5.74, 6) is -2.62. The summed E-state index contributed by atoms with van der Waals surface area (Å²) in [6.45, 7) is -0.150. The Morgan fingerprint density at radius 3 is 2.44 bits per heavy atom. The van der Waals surface area contributed by atoms with E-state index in [-0.39, 0.29) is 18.7 Å². The molecule has 1 heterocycles. The van der Waals surface area contributed by atoms with Crippen LogP contribution in [0.1, 0.15) is 6.42 Å². The zero-order chi connectivity index (χ0) is 13.5. The summed E-state index contributed by atoms with van der Waals surface area (Å²) in [6.07, 6.45) is -0.252. The average molecular weight is 276 g/mol. The molecule has 2 rings (SSSR count).